The summed E-state index contributed by atoms with van der Waals surface area (Å²) < 4.78 is 6.34. The Kier molecular flexibility index (Phi) is 3.97. The second-order valence-corrected chi connectivity index (χ2v) is 5.70. The average Bonchev–Trinajstić information content (AvgIpc) is 2.14. The molecule has 1 rings (SSSR count). The lowest BCUT2D eigenvalue weighted by molar-refractivity contribution is 0.360. The summed E-state index contributed by atoms with van der Waals surface area (Å²) in [6, 6.07) is 8.20. The summed E-state index contributed by atoms with van der Waals surface area (Å²) in [4.78, 5) is 0. The van der Waals surface area contributed by atoms with E-state index in [0.29, 0.717) is 6.61 Å². The van der Waals surface area contributed by atoms with Gasteiger partial charge in [-0.15, -0.1) is 0 Å². The Morgan fingerprint density at radius 2 is 1.80 bits per heavy atom. The highest BCUT2D eigenvalue weighted by Gasteiger charge is 2.12. The predicted octanol–water partition coefficient (Wildman–Crippen LogP) is 4.27. The summed E-state index contributed by atoms with van der Waals surface area (Å²) in [5, 5.41) is 0. The zero-order valence-electron chi connectivity index (χ0n) is 9.51. The lowest BCUT2D eigenvalue weighted by Gasteiger charge is -2.19. The molecule has 0 atom stereocenters. The summed E-state index contributed by atoms with van der Waals surface area (Å²) in [5.74, 6) is 0.878. The standard InChI is InChI=1S/C13H17BrO/c1-10(14)9-15-12-7-5-11(6-8-12)13(2,3)4/h5-8H,1,9H2,2-4H3. The van der Waals surface area contributed by atoms with Crippen LogP contribution in [-0.2, 0) is 5.41 Å². The summed E-state index contributed by atoms with van der Waals surface area (Å²) in [6.07, 6.45) is 0. The van der Waals surface area contributed by atoms with E-state index in [-0.39, 0.29) is 5.41 Å². The van der Waals surface area contributed by atoms with Crippen molar-refractivity contribution in [1.29, 1.82) is 0 Å². The zero-order chi connectivity index (χ0) is 11.5. The van der Waals surface area contributed by atoms with E-state index in [1.165, 1.54) is 5.56 Å². The molecule has 0 saturated heterocycles. The minimum absolute atomic E-state index is 0.192. The van der Waals surface area contributed by atoms with Crippen molar-refractivity contribution >= 4 is 15.9 Å². The summed E-state index contributed by atoms with van der Waals surface area (Å²) in [6.45, 7) is 10.8. The molecule has 0 radical (unpaired) electrons. The van der Waals surface area contributed by atoms with Gasteiger partial charge in [0.15, 0.2) is 0 Å². The highest BCUT2D eigenvalue weighted by molar-refractivity contribution is 9.11. The molecule has 1 aromatic carbocycles. The summed E-state index contributed by atoms with van der Waals surface area (Å²) >= 11 is 3.26. The second-order valence-electron chi connectivity index (χ2n) is 4.58. The lowest BCUT2D eigenvalue weighted by Crippen LogP contribution is -2.10. The van der Waals surface area contributed by atoms with Crippen molar-refractivity contribution in [2.45, 2.75) is 26.2 Å². The van der Waals surface area contributed by atoms with Gasteiger partial charge in [0.1, 0.15) is 12.4 Å². The molecular weight excluding hydrogens is 252 g/mol. The van der Waals surface area contributed by atoms with Gasteiger partial charge in [-0.25, -0.2) is 0 Å². The third-order valence-corrected chi connectivity index (χ3v) is 2.34. The van der Waals surface area contributed by atoms with Crippen LogP contribution < -0.4 is 4.74 Å². The van der Waals surface area contributed by atoms with Crippen LogP contribution >= 0.6 is 15.9 Å². The molecule has 0 heterocycles. The first-order valence-electron chi connectivity index (χ1n) is 4.96. The minimum Gasteiger partial charge on any atom is -0.488 e. The number of ether oxygens (including phenoxy) is 1. The third kappa shape index (κ3) is 4.08. The van der Waals surface area contributed by atoms with Crippen LogP contribution in [0.2, 0.25) is 0 Å². The molecule has 1 nitrogen and oxygen atoms in total. The lowest BCUT2D eigenvalue weighted by atomic mass is 9.87. The van der Waals surface area contributed by atoms with Crippen molar-refractivity contribution in [3.8, 4) is 5.75 Å². The molecule has 82 valence electrons. The van der Waals surface area contributed by atoms with Crippen molar-refractivity contribution in [2.24, 2.45) is 0 Å². The highest BCUT2D eigenvalue weighted by atomic mass is 79.9. The smallest absolute Gasteiger partial charge is 0.119 e. The molecule has 0 saturated carbocycles. The van der Waals surface area contributed by atoms with E-state index in [1.54, 1.807) is 0 Å². The molecule has 0 unspecified atom stereocenters. The average molecular weight is 269 g/mol. The van der Waals surface area contributed by atoms with Gasteiger partial charge >= 0.3 is 0 Å². The Hall–Kier alpha value is -0.760. The summed E-state index contributed by atoms with van der Waals surface area (Å²) in [7, 11) is 0. The van der Waals surface area contributed by atoms with Gasteiger partial charge in [-0.3, -0.25) is 0 Å². The maximum Gasteiger partial charge on any atom is 0.119 e. The Balaban J connectivity index is 2.69. The van der Waals surface area contributed by atoms with Crippen LogP contribution in [0.3, 0.4) is 0 Å². The maximum absolute atomic E-state index is 5.49. The first kappa shape index (κ1) is 12.3. The highest BCUT2D eigenvalue weighted by Crippen LogP contribution is 2.24. The summed E-state index contributed by atoms with van der Waals surface area (Å²) in [5.41, 5.74) is 1.50. The fourth-order valence-electron chi connectivity index (χ4n) is 1.21. The number of rotatable bonds is 3. The zero-order valence-corrected chi connectivity index (χ0v) is 11.1. The van der Waals surface area contributed by atoms with Crippen LogP contribution in [0.15, 0.2) is 35.3 Å². The van der Waals surface area contributed by atoms with Gasteiger partial charge in [0.2, 0.25) is 0 Å². The van der Waals surface area contributed by atoms with Crippen LogP contribution in [0.1, 0.15) is 26.3 Å². The second kappa shape index (κ2) is 4.84. The molecule has 0 N–H and O–H groups in total. The van der Waals surface area contributed by atoms with Gasteiger partial charge in [-0.1, -0.05) is 55.4 Å². The number of benzene rings is 1. The Morgan fingerprint density at radius 1 is 1.27 bits per heavy atom. The minimum atomic E-state index is 0.192. The molecule has 0 fully saturated rings. The molecule has 15 heavy (non-hydrogen) atoms. The van der Waals surface area contributed by atoms with Crippen molar-refractivity contribution in [3.05, 3.63) is 40.9 Å². The van der Waals surface area contributed by atoms with E-state index in [9.17, 15) is 0 Å². The van der Waals surface area contributed by atoms with E-state index in [1.807, 2.05) is 12.1 Å². The van der Waals surface area contributed by atoms with E-state index < -0.39 is 0 Å². The van der Waals surface area contributed by atoms with Gasteiger partial charge in [-0.05, 0) is 23.1 Å². The van der Waals surface area contributed by atoms with Gasteiger partial charge in [0, 0.05) is 4.48 Å². The van der Waals surface area contributed by atoms with Gasteiger partial charge in [0.25, 0.3) is 0 Å². The van der Waals surface area contributed by atoms with Gasteiger partial charge in [0.05, 0.1) is 0 Å². The topological polar surface area (TPSA) is 9.23 Å². The van der Waals surface area contributed by atoms with Gasteiger partial charge in [-0.2, -0.15) is 0 Å². The molecule has 1 aromatic rings. The van der Waals surface area contributed by atoms with E-state index in [4.69, 9.17) is 4.74 Å². The van der Waals surface area contributed by atoms with Gasteiger partial charge < -0.3 is 4.74 Å². The molecule has 0 amide bonds. The number of hydrogen-bond acceptors (Lipinski definition) is 1. The number of hydrogen-bond donors (Lipinski definition) is 0. The monoisotopic (exact) mass is 268 g/mol. The van der Waals surface area contributed by atoms with Crippen molar-refractivity contribution < 1.29 is 4.74 Å². The normalized spacial score (nSPS) is 11.2. The predicted molar refractivity (Wildman–Crippen MR) is 68.7 cm³/mol. The molecule has 2 heteroatoms. The van der Waals surface area contributed by atoms with Crippen molar-refractivity contribution in [1.82, 2.24) is 0 Å². The Labute approximate surface area is 100 Å². The fraction of sp³-hybridized carbons (Fsp3) is 0.385. The molecule has 0 aromatic heterocycles. The van der Waals surface area contributed by atoms with E-state index in [2.05, 4.69) is 55.4 Å². The maximum atomic E-state index is 5.49. The molecule has 0 bridgehead atoms. The molecule has 0 aliphatic rings. The third-order valence-electron chi connectivity index (χ3n) is 2.12. The van der Waals surface area contributed by atoms with Crippen LogP contribution in [0.5, 0.6) is 5.75 Å². The fourth-order valence-corrected chi connectivity index (χ4v) is 1.33. The first-order chi connectivity index (χ1) is 6.89. The van der Waals surface area contributed by atoms with Crippen molar-refractivity contribution in [2.75, 3.05) is 6.61 Å². The van der Waals surface area contributed by atoms with Crippen LogP contribution in [-0.4, -0.2) is 6.61 Å². The van der Waals surface area contributed by atoms with Crippen LogP contribution in [0, 0.1) is 0 Å². The quantitative estimate of drug-likeness (QED) is 0.796. The Bertz CT molecular complexity index is 333. The molecule has 0 aliphatic carbocycles. The van der Waals surface area contributed by atoms with E-state index >= 15 is 0 Å². The number of halogens is 1. The van der Waals surface area contributed by atoms with E-state index in [0.717, 1.165) is 10.2 Å². The Morgan fingerprint density at radius 3 is 2.20 bits per heavy atom. The van der Waals surface area contributed by atoms with Crippen LogP contribution in [0.25, 0.3) is 0 Å². The largest absolute Gasteiger partial charge is 0.488 e. The molecule has 0 aliphatic heterocycles. The van der Waals surface area contributed by atoms with Crippen molar-refractivity contribution in [3.63, 3.8) is 0 Å². The molecule has 0 spiro atoms. The first-order valence-corrected chi connectivity index (χ1v) is 5.75. The SMILES string of the molecule is C=C(Br)COc1ccc(C(C)(C)C)cc1. The van der Waals surface area contributed by atoms with Crippen LogP contribution in [0.4, 0.5) is 0 Å². The molecular formula is C13H17BrO.